The number of carbonyl (C=O) groups excluding carboxylic acids is 1. The number of esters is 1. The van der Waals surface area contributed by atoms with E-state index in [1.165, 1.54) is 20.0 Å². The van der Waals surface area contributed by atoms with Crippen LogP contribution in [0.15, 0.2) is 0 Å². The number of carbonyl (C=O) groups is 1. The lowest BCUT2D eigenvalue weighted by molar-refractivity contribution is -0.148. The number of methoxy groups -OCH3 is 1. The lowest BCUT2D eigenvalue weighted by Gasteiger charge is -2.42. The molecular formula is C16H32N2O2. The van der Waals surface area contributed by atoms with Gasteiger partial charge < -0.3 is 15.0 Å². The highest BCUT2D eigenvalue weighted by Crippen LogP contribution is 2.31. The van der Waals surface area contributed by atoms with E-state index >= 15 is 0 Å². The maximum Gasteiger partial charge on any atom is 0.325 e. The predicted octanol–water partition coefficient (Wildman–Crippen LogP) is 2.43. The molecule has 0 bridgehead atoms. The Hall–Kier alpha value is -0.610. The van der Waals surface area contributed by atoms with E-state index in [2.05, 4.69) is 31.0 Å². The van der Waals surface area contributed by atoms with Crippen molar-refractivity contribution < 1.29 is 9.53 Å². The quantitative estimate of drug-likeness (QED) is 0.761. The minimum Gasteiger partial charge on any atom is -0.468 e. The van der Waals surface area contributed by atoms with Crippen molar-refractivity contribution in [2.45, 2.75) is 65.5 Å². The fourth-order valence-corrected chi connectivity index (χ4v) is 3.13. The molecule has 1 heterocycles. The Morgan fingerprint density at radius 1 is 1.40 bits per heavy atom. The van der Waals surface area contributed by atoms with Gasteiger partial charge in [-0.2, -0.15) is 0 Å². The summed E-state index contributed by atoms with van der Waals surface area (Å²) in [6.07, 6.45) is 3.24. The normalized spacial score (nSPS) is 23.9. The van der Waals surface area contributed by atoms with Crippen LogP contribution in [0.1, 0.15) is 53.9 Å². The number of nitrogens with zero attached hydrogens (tertiary/aromatic N) is 1. The first-order chi connectivity index (χ1) is 9.24. The smallest absolute Gasteiger partial charge is 0.325 e. The number of hydrogen-bond donors (Lipinski definition) is 1. The molecule has 1 saturated heterocycles. The second kappa shape index (κ2) is 6.90. The van der Waals surface area contributed by atoms with Gasteiger partial charge in [0.1, 0.15) is 5.54 Å². The van der Waals surface area contributed by atoms with Crippen LogP contribution in [-0.4, -0.2) is 49.2 Å². The van der Waals surface area contributed by atoms with E-state index in [0.717, 1.165) is 26.1 Å². The summed E-state index contributed by atoms with van der Waals surface area (Å²) < 4.78 is 4.97. The minimum atomic E-state index is -0.587. The van der Waals surface area contributed by atoms with Gasteiger partial charge >= 0.3 is 5.97 Å². The number of rotatable bonds is 6. The molecule has 0 aromatic carbocycles. The molecule has 20 heavy (non-hydrogen) atoms. The fourth-order valence-electron chi connectivity index (χ4n) is 3.13. The van der Waals surface area contributed by atoms with Gasteiger partial charge in [0.2, 0.25) is 0 Å². The Kier molecular flexibility index (Phi) is 6.02. The van der Waals surface area contributed by atoms with Gasteiger partial charge in [-0.1, -0.05) is 20.8 Å². The Bertz CT molecular complexity index is 320. The van der Waals surface area contributed by atoms with Gasteiger partial charge in [0.05, 0.1) is 7.11 Å². The van der Waals surface area contributed by atoms with Crippen molar-refractivity contribution in [2.75, 3.05) is 26.7 Å². The van der Waals surface area contributed by atoms with Crippen molar-refractivity contribution in [3.05, 3.63) is 0 Å². The second-order valence-corrected chi connectivity index (χ2v) is 7.11. The molecule has 2 unspecified atom stereocenters. The maximum atomic E-state index is 12.0. The third-order valence-corrected chi connectivity index (χ3v) is 4.68. The highest BCUT2D eigenvalue weighted by atomic mass is 16.5. The van der Waals surface area contributed by atoms with Crippen molar-refractivity contribution in [1.29, 1.82) is 0 Å². The van der Waals surface area contributed by atoms with Crippen molar-refractivity contribution in [1.82, 2.24) is 10.2 Å². The van der Waals surface area contributed by atoms with Gasteiger partial charge in [-0.15, -0.1) is 0 Å². The Morgan fingerprint density at radius 2 is 1.95 bits per heavy atom. The lowest BCUT2D eigenvalue weighted by Crippen LogP contribution is -2.55. The van der Waals surface area contributed by atoms with Gasteiger partial charge in [-0.05, 0) is 58.2 Å². The number of likely N-dealkylation sites (tertiary alicyclic amines) is 1. The predicted molar refractivity (Wildman–Crippen MR) is 82.8 cm³/mol. The largest absolute Gasteiger partial charge is 0.468 e. The molecule has 0 aliphatic carbocycles. The molecule has 1 aliphatic heterocycles. The molecule has 1 rings (SSSR count). The highest BCUT2D eigenvalue weighted by molar-refractivity contribution is 5.80. The van der Waals surface area contributed by atoms with Crippen LogP contribution >= 0.6 is 0 Å². The topological polar surface area (TPSA) is 41.6 Å². The number of hydrogen-bond acceptors (Lipinski definition) is 4. The Labute approximate surface area is 124 Å². The molecule has 1 aliphatic rings. The number of likely N-dealkylation sites (N-methyl/N-ethyl adjacent to an activating group) is 1. The van der Waals surface area contributed by atoms with Crippen LogP contribution in [0, 0.1) is 5.41 Å². The van der Waals surface area contributed by atoms with Gasteiger partial charge in [-0.25, -0.2) is 0 Å². The van der Waals surface area contributed by atoms with Crippen molar-refractivity contribution >= 4 is 5.97 Å². The summed E-state index contributed by atoms with van der Waals surface area (Å²) in [7, 11) is 1.46. The zero-order valence-electron chi connectivity index (χ0n) is 14.1. The van der Waals surface area contributed by atoms with Crippen LogP contribution in [0.2, 0.25) is 0 Å². The molecule has 118 valence electrons. The summed E-state index contributed by atoms with van der Waals surface area (Å²) in [5, 5.41) is 3.29. The number of nitrogens with one attached hydrogen (secondary N) is 1. The first kappa shape index (κ1) is 17.4. The summed E-state index contributed by atoms with van der Waals surface area (Å²) >= 11 is 0. The monoisotopic (exact) mass is 284 g/mol. The molecule has 0 amide bonds. The van der Waals surface area contributed by atoms with Crippen LogP contribution in [0.4, 0.5) is 0 Å². The van der Waals surface area contributed by atoms with E-state index in [0.29, 0.717) is 11.5 Å². The summed E-state index contributed by atoms with van der Waals surface area (Å²) in [6, 6.07) is 0.384. The first-order valence-corrected chi connectivity index (χ1v) is 7.81. The molecule has 0 spiro atoms. The number of ether oxygens (including phenoxy) is 1. The van der Waals surface area contributed by atoms with Crippen LogP contribution in [0.25, 0.3) is 0 Å². The van der Waals surface area contributed by atoms with E-state index in [1.54, 1.807) is 0 Å². The van der Waals surface area contributed by atoms with Gasteiger partial charge in [0.15, 0.2) is 0 Å². The van der Waals surface area contributed by atoms with Crippen LogP contribution in [0.5, 0.6) is 0 Å². The summed E-state index contributed by atoms with van der Waals surface area (Å²) in [4.78, 5) is 14.5. The average Bonchev–Trinajstić information content (AvgIpc) is 2.37. The standard InChI is InChI=1S/C16H32N2O2/c1-7-17-16(5,14(19)20-6)12-13(2)18-10-8-15(3,4)9-11-18/h13,17H,7-12H2,1-6H3. The number of piperidine rings is 1. The summed E-state index contributed by atoms with van der Waals surface area (Å²) in [5.41, 5.74) is -0.126. The highest BCUT2D eigenvalue weighted by Gasteiger charge is 2.37. The van der Waals surface area contributed by atoms with E-state index in [-0.39, 0.29) is 5.97 Å². The van der Waals surface area contributed by atoms with Gasteiger partial charge in [0, 0.05) is 6.04 Å². The zero-order valence-corrected chi connectivity index (χ0v) is 14.1. The SMILES string of the molecule is CCNC(C)(CC(C)N1CCC(C)(C)CC1)C(=O)OC. The van der Waals surface area contributed by atoms with Crippen molar-refractivity contribution in [3.8, 4) is 0 Å². The van der Waals surface area contributed by atoms with E-state index < -0.39 is 5.54 Å². The molecule has 0 radical (unpaired) electrons. The van der Waals surface area contributed by atoms with Crippen LogP contribution in [0.3, 0.4) is 0 Å². The Balaban J connectivity index is 2.63. The molecule has 0 saturated carbocycles. The molecule has 2 atom stereocenters. The van der Waals surface area contributed by atoms with Crippen LogP contribution < -0.4 is 5.32 Å². The third-order valence-electron chi connectivity index (χ3n) is 4.68. The first-order valence-electron chi connectivity index (χ1n) is 7.81. The maximum absolute atomic E-state index is 12.0. The average molecular weight is 284 g/mol. The van der Waals surface area contributed by atoms with E-state index in [9.17, 15) is 4.79 Å². The molecule has 0 aromatic rings. The third kappa shape index (κ3) is 4.45. The minimum absolute atomic E-state index is 0.163. The van der Waals surface area contributed by atoms with Crippen molar-refractivity contribution in [3.63, 3.8) is 0 Å². The zero-order chi connectivity index (χ0) is 15.4. The second-order valence-electron chi connectivity index (χ2n) is 7.11. The molecule has 1 N–H and O–H groups in total. The van der Waals surface area contributed by atoms with Crippen LogP contribution in [-0.2, 0) is 9.53 Å². The summed E-state index contributed by atoms with van der Waals surface area (Å²) in [5.74, 6) is -0.163. The van der Waals surface area contributed by atoms with Crippen molar-refractivity contribution in [2.24, 2.45) is 5.41 Å². The summed E-state index contributed by atoms with van der Waals surface area (Å²) in [6.45, 7) is 13.9. The van der Waals surface area contributed by atoms with E-state index in [4.69, 9.17) is 4.74 Å². The lowest BCUT2D eigenvalue weighted by atomic mass is 9.81. The molecule has 0 aromatic heterocycles. The molecular weight excluding hydrogens is 252 g/mol. The van der Waals surface area contributed by atoms with Gasteiger partial charge in [-0.3, -0.25) is 4.79 Å². The molecule has 4 heteroatoms. The molecule has 1 fully saturated rings. The molecule has 4 nitrogen and oxygen atoms in total. The fraction of sp³-hybridized carbons (Fsp3) is 0.938. The van der Waals surface area contributed by atoms with E-state index in [1.807, 2.05) is 13.8 Å². The van der Waals surface area contributed by atoms with Gasteiger partial charge in [0.25, 0.3) is 0 Å². The Morgan fingerprint density at radius 3 is 2.40 bits per heavy atom.